The molecule has 6 heteroatoms. The quantitative estimate of drug-likeness (QED) is 0.479. The van der Waals surface area contributed by atoms with E-state index in [2.05, 4.69) is 52.6 Å². The third-order valence-corrected chi connectivity index (χ3v) is 12.0. The van der Waals surface area contributed by atoms with Crippen LogP contribution in [0, 0.1) is 6.07 Å². The lowest BCUT2D eigenvalue weighted by Gasteiger charge is -2.42. The van der Waals surface area contributed by atoms with Gasteiger partial charge in [-0.25, -0.2) is 14.3 Å². The van der Waals surface area contributed by atoms with E-state index < -0.39 is 8.32 Å². The summed E-state index contributed by atoms with van der Waals surface area (Å²) in [6.45, 7) is 16.2. The Morgan fingerprint density at radius 1 is 1.03 bits per heavy atom. The van der Waals surface area contributed by atoms with E-state index in [1.807, 2.05) is 31.2 Å². The Hall–Kier alpha value is -2.34. The second-order valence-electron chi connectivity index (χ2n) is 8.54. The van der Waals surface area contributed by atoms with Gasteiger partial charge in [0.05, 0.1) is 11.2 Å². The topological polar surface area (TPSA) is 49.0 Å². The second-order valence-corrected chi connectivity index (χ2v) is 13.9. The summed E-state index contributed by atoms with van der Waals surface area (Å²) in [5.41, 5.74) is 3.57. The van der Waals surface area contributed by atoms with Gasteiger partial charge in [0.1, 0.15) is 5.75 Å². The Bertz CT molecular complexity index is 1010. The Labute approximate surface area is 174 Å². The zero-order valence-electron chi connectivity index (χ0n) is 18.6. The van der Waals surface area contributed by atoms with Crippen molar-refractivity contribution in [3.05, 3.63) is 53.1 Å². The van der Waals surface area contributed by atoms with E-state index in [1.54, 1.807) is 21.4 Å². The normalized spacial score (nSPS) is 12.5. The van der Waals surface area contributed by atoms with Gasteiger partial charge in [0, 0.05) is 18.8 Å². The van der Waals surface area contributed by atoms with Gasteiger partial charge in [0.15, 0.2) is 5.65 Å². The molecule has 1 radical (unpaired) electrons. The number of rotatable bonds is 7. The van der Waals surface area contributed by atoms with E-state index in [9.17, 15) is 4.79 Å². The van der Waals surface area contributed by atoms with Crippen LogP contribution in [0.5, 0.6) is 5.75 Å². The van der Waals surface area contributed by atoms with Gasteiger partial charge in [0.25, 0.3) is 8.32 Å². The monoisotopic (exact) mass is 410 g/mol. The molecule has 0 saturated heterocycles. The van der Waals surface area contributed by atoms with Crippen molar-refractivity contribution in [2.24, 2.45) is 0 Å². The van der Waals surface area contributed by atoms with Crippen molar-refractivity contribution >= 4 is 19.5 Å². The maximum absolute atomic E-state index is 12.9. The van der Waals surface area contributed by atoms with Crippen molar-refractivity contribution < 1.29 is 4.43 Å². The predicted molar refractivity (Wildman–Crippen MR) is 122 cm³/mol. The van der Waals surface area contributed by atoms with Gasteiger partial charge in [-0.05, 0) is 53.9 Å². The number of hydrogen-bond acceptors (Lipinski definition) is 3. The van der Waals surface area contributed by atoms with Gasteiger partial charge < -0.3 is 4.43 Å². The van der Waals surface area contributed by atoms with Crippen molar-refractivity contribution in [3.63, 3.8) is 0 Å². The van der Waals surface area contributed by atoms with Crippen LogP contribution in [0.15, 0.2) is 41.3 Å². The highest BCUT2D eigenvalue weighted by atomic mass is 28.4. The molecule has 0 unspecified atom stereocenters. The maximum atomic E-state index is 12.9. The summed E-state index contributed by atoms with van der Waals surface area (Å²) in [6, 6.07) is 12.7. The first kappa shape index (κ1) is 21.4. The van der Waals surface area contributed by atoms with Crippen LogP contribution in [0.3, 0.4) is 0 Å². The number of aryl methyl sites for hydroxylation is 1. The SMILES string of the molecule is CCn1c(=O)n(-c2ccc(O[Si](C(C)C)(C(C)C)C(C)C)cc2)c2ncc[c]c21. The molecule has 0 N–H and O–H groups in total. The highest BCUT2D eigenvalue weighted by Crippen LogP contribution is 2.42. The standard InChI is InChI=1S/C23H32N3O2Si/c1-8-25-21-10-9-15-24-22(21)26(23(25)27)19-11-13-20(14-12-19)28-29(16(2)3,17(4)5)18(6)7/h9,11-18H,8H2,1-7H3. The molecule has 3 rings (SSSR count). The predicted octanol–water partition coefficient (Wildman–Crippen LogP) is 5.56. The van der Waals surface area contributed by atoms with Crippen LogP contribution < -0.4 is 10.1 Å². The van der Waals surface area contributed by atoms with E-state index in [0.29, 0.717) is 28.8 Å². The third kappa shape index (κ3) is 3.54. The summed E-state index contributed by atoms with van der Waals surface area (Å²) < 4.78 is 10.1. The molecule has 155 valence electrons. The number of nitrogens with zero attached hydrogens (tertiary/aromatic N) is 3. The molecule has 1 aromatic carbocycles. The smallest absolute Gasteiger partial charge is 0.334 e. The van der Waals surface area contributed by atoms with Crippen LogP contribution in [0.4, 0.5) is 0 Å². The molecule has 0 aliphatic carbocycles. The number of pyridine rings is 1. The molecular formula is C23H32N3O2Si. The largest absolute Gasteiger partial charge is 0.543 e. The minimum Gasteiger partial charge on any atom is -0.543 e. The molecule has 0 saturated carbocycles. The number of fused-ring (bicyclic) bond motifs is 1. The van der Waals surface area contributed by atoms with Gasteiger partial charge in [-0.15, -0.1) is 0 Å². The zero-order chi connectivity index (χ0) is 21.3. The number of aromatic nitrogens is 3. The van der Waals surface area contributed by atoms with Crippen molar-refractivity contribution in [1.29, 1.82) is 0 Å². The third-order valence-electron chi connectivity index (χ3n) is 6.02. The maximum Gasteiger partial charge on any atom is 0.334 e. The van der Waals surface area contributed by atoms with Gasteiger partial charge in [-0.2, -0.15) is 0 Å². The van der Waals surface area contributed by atoms with Crippen LogP contribution in [0.1, 0.15) is 48.5 Å². The highest BCUT2D eigenvalue weighted by Gasteiger charge is 2.46. The van der Waals surface area contributed by atoms with Crippen molar-refractivity contribution in [3.8, 4) is 11.4 Å². The molecule has 5 nitrogen and oxygen atoms in total. The fourth-order valence-corrected chi connectivity index (χ4v) is 10.0. The first-order chi connectivity index (χ1) is 13.7. The zero-order valence-corrected chi connectivity index (χ0v) is 19.6. The van der Waals surface area contributed by atoms with E-state index in [1.165, 1.54) is 0 Å². The van der Waals surface area contributed by atoms with Crippen molar-refractivity contribution in [2.45, 2.75) is 71.6 Å². The van der Waals surface area contributed by atoms with Crippen LogP contribution in [-0.2, 0) is 6.54 Å². The molecule has 0 spiro atoms. The van der Waals surface area contributed by atoms with Crippen LogP contribution >= 0.6 is 0 Å². The van der Waals surface area contributed by atoms with Gasteiger partial charge in [0.2, 0.25) is 0 Å². The first-order valence-corrected chi connectivity index (χ1v) is 12.6. The van der Waals surface area contributed by atoms with E-state index in [4.69, 9.17) is 4.43 Å². The first-order valence-electron chi connectivity index (χ1n) is 10.5. The van der Waals surface area contributed by atoms with E-state index in [0.717, 1.165) is 17.0 Å². The summed E-state index contributed by atoms with van der Waals surface area (Å²) in [6.07, 6.45) is 1.67. The minimum absolute atomic E-state index is 0.0959. The Morgan fingerprint density at radius 2 is 1.62 bits per heavy atom. The fourth-order valence-electron chi connectivity index (χ4n) is 4.77. The number of imidazole rings is 1. The van der Waals surface area contributed by atoms with E-state index >= 15 is 0 Å². The molecule has 0 aliphatic rings. The van der Waals surface area contributed by atoms with Crippen LogP contribution in [-0.4, -0.2) is 22.4 Å². The van der Waals surface area contributed by atoms with E-state index in [-0.39, 0.29) is 5.69 Å². The lowest BCUT2D eigenvalue weighted by molar-refractivity contribution is 0.479. The van der Waals surface area contributed by atoms with Crippen molar-refractivity contribution in [1.82, 2.24) is 14.1 Å². The molecule has 0 atom stereocenters. The van der Waals surface area contributed by atoms with Crippen LogP contribution in [0.25, 0.3) is 16.9 Å². The highest BCUT2D eigenvalue weighted by molar-refractivity contribution is 6.78. The minimum atomic E-state index is -2.01. The molecule has 2 aromatic heterocycles. The van der Waals surface area contributed by atoms with Gasteiger partial charge in [-0.3, -0.25) is 4.57 Å². The average Bonchev–Trinajstić information content (AvgIpc) is 2.96. The van der Waals surface area contributed by atoms with Gasteiger partial charge >= 0.3 is 5.69 Å². The lowest BCUT2D eigenvalue weighted by atomic mass is 10.3. The molecule has 3 aromatic rings. The molecule has 2 heterocycles. The molecule has 0 amide bonds. The average molecular weight is 411 g/mol. The second kappa shape index (κ2) is 8.18. The Balaban J connectivity index is 2.03. The lowest BCUT2D eigenvalue weighted by Crippen LogP contribution is -2.50. The molecular weight excluding hydrogens is 378 g/mol. The summed E-state index contributed by atoms with van der Waals surface area (Å²) >= 11 is 0. The summed E-state index contributed by atoms with van der Waals surface area (Å²) in [5.74, 6) is 0.878. The summed E-state index contributed by atoms with van der Waals surface area (Å²) in [4.78, 5) is 17.4. The number of benzene rings is 1. The van der Waals surface area contributed by atoms with Crippen LogP contribution in [0.2, 0.25) is 16.6 Å². The molecule has 29 heavy (non-hydrogen) atoms. The fraction of sp³-hybridized carbons (Fsp3) is 0.478. The Morgan fingerprint density at radius 3 is 2.14 bits per heavy atom. The van der Waals surface area contributed by atoms with Gasteiger partial charge in [-0.1, -0.05) is 41.5 Å². The molecule has 0 bridgehead atoms. The van der Waals surface area contributed by atoms with Crippen molar-refractivity contribution in [2.75, 3.05) is 0 Å². The molecule has 0 aliphatic heterocycles. The summed E-state index contributed by atoms with van der Waals surface area (Å²) in [5, 5.41) is 0. The summed E-state index contributed by atoms with van der Waals surface area (Å²) in [7, 11) is -2.01. The molecule has 0 fully saturated rings. The number of hydrogen-bond donors (Lipinski definition) is 0. The Kier molecular flexibility index (Phi) is 6.03.